The van der Waals surface area contributed by atoms with E-state index in [2.05, 4.69) is 41.5 Å². The molecule has 0 radical (unpaired) electrons. The van der Waals surface area contributed by atoms with Gasteiger partial charge in [0.15, 0.2) is 6.73 Å². The van der Waals surface area contributed by atoms with Crippen LogP contribution in [0, 0.1) is 6.92 Å². The van der Waals surface area contributed by atoms with Crippen LogP contribution in [0.25, 0.3) is 0 Å². The minimum absolute atomic E-state index is 0.224. The van der Waals surface area contributed by atoms with E-state index in [-0.39, 0.29) is 12.6 Å². The zero-order valence-corrected chi connectivity index (χ0v) is 16.1. The second kappa shape index (κ2) is 8.07. The zero-order chi connectivity index (χ0) is 19.4. The lowest BCUT2D eigenvalue weighted by atomic mass is 10.0. The first-order valence-electron chi connectivity index (χ1n) is 8.96. The Labute approximate surface area is 159 Å². The van der Waals surface area contributed by atoms with Gasteiger partial charge in [-0.25, -0.2) is 4.68 Å². The van der Waals surface area contributed by atoms with Crippen molar-refractivity contribution in [1.29, 1.82) is 0 Å². The minimum Gasteiger partial charge on any atom is -0.471 e. The molecule has 0 atom stereocenters. The molecule has 2 heterocycles. The van der Waals surface area contributed by atoms with E-state index in [0.717, 1.165) is 17.0 Å². The van der Waals surface area contributed by atoms with Gasteiger partial charge in [-0.05, 0) is 36.6 Å². The Hall–Kier alpha value is -3.09. The number of benzene rings is 1. The molecule has 1 N–H and O–H groups in total. The van der Waals surface area contributed by atoms with Gasteiger partial charge in [-0.2, -0.15) is 10.2 Å². The summed E-state index contributed by atoms with van der Waals surface area (Å²) in [6.45, 7) is 6.89. The van der Waals surface area contributed by atoms with E-state index < -0.39 is 0 Å². The predicted molar refractivity (Wildman–Crippen MR) is 103 cm³/mol. The molecule has 0 saturated heterocycles. The Balaban J connectivity index is 1.53. The van der Waals surface area contributed by atoms with Crippen molar-refractivity contribution < 1.29 is 9.53 Å². The van der Waals surface area contributed by atoms with Gasteiger partial charge in [0.05, 0.1) is 5.69 Å². The third-order valence-corrected chi connectivity index (χ3v) is 4.34. The minimum atomic E-state index is -0.224. The summed E-state index contributed by atoms with van der Waals surface area (Å²) in [7, 11) is 1.86. The van der Waals surface area contributed by atoms with Gasteiger partial charge in [0.25, 0.3) is 5.91 Å². The van der Waals surface area contributed by atoms with Crippen molar-refractivity contribution >= 4 is 5.91 Å². The SMILES string of the molecule is Cc1nn(C)cc1CNC(=O)c1ccn(COc2ccc(C(C)C)cc2)n1. The number of carbonyl (C=O) groups is 1. The van der Waals surface area contributed by atoms with Crippen LogP contribution in [0.1, 0.15) is 47.1 Å². The van der Waals surface area contributed by atoms with Gasteiger partial charge in [-0.15, -0.1) is 0 Å². The number of aromatic nitrogens is 4. The van der Waals surface area contributed by atoms with Crippen LogP contribution in [0.4, 0.5) is 0 Å². The first-order valence-corrected chi connectivity index (χ1v) is 8.96. The van der Waals surface area contributed by atoms with Crippen LogP contribution in [0.3, 0.4) is 0 Å². The summed E-state index contributed by atoms with van der Waals surface area (Å²) in [4.78, 5) is 12.3. The third kappa shape index (κ3) is 4.75. The van der Waals surface area contributed by atoms with Crippen molar-refractivity contribution in [2.24, 2.45) is 7.05 Å². The third-order valence-electron chi connectivity index (χ3n) is 4.34. The number of carbonyl (C=O) groups excluding carboxylic acids is 1. The molecule has 0 fully saturated rings. The Morgan fingerprint density at radius 2 is 1.93 bits per heavy atom. The highest BCUT2D eigenvalue weighted by atomic mass is 16.5. The number of hydrogen-bond acceptors (Lipinski definition) is 4. The largest absolute Gasteiger partial charge is 0.471 e. The van der Waals surface area contributed by atoms with E-state index in [1.807, 2.05) is 32.3 Å². The molecule has 1 aromatic carbocycles. The lowest BCUT2D eigenvalue weighted by Gasteiger charge is -2.09. The summed E-state index contributed by atoms with van der Waals surface area (Å²) in [5, 5.41) is 11.4. The second-order valence-electron chi connectivity index (χ2n) is 6.83. The number of aryl methyl sites for hydroxylation is 2. The Morgan fingerprint density at radius 1 is 1.19 bits per heavy atom. The lowest BCUT2D eigenvalue weighted by Crippen LogP contribution is -2.23. The second-order valence-corrected chi connectivity index (χ2v) is 6.83. The number of nitrogens with zero attached hydrogens (tertiary/aromatic N) is 4. The number of hydrogen-bond donors (Lipinski definition) is 1. The van der Waals surface area contributed by atoms with Gasteiger partial charge in [0.1, 0.15) is 11.4 Å². The molecule has 0 aliphatic carbocycles. The summed E-state index contributed by atoms with van der Waals surface area (Å²) in [6, 6.07) is 9.69. The molecular weight excluding hydrogens is 342 g/mol. The highest BCUT2D eigenvalue weighted by molar-refractivity contribution is 5.92. The van der Waals surface area contributed by atoms with Gasteiger partial charge >= 0.3 is 0 Å². The molecule has 0 spiro atoms. The fourth-order valence-electron chi connectivity index (χ4n) is 2.73. The number of ether oxygens (including phenoxy) is 1. The van der Waals surface area contributed by atoms with Crippen LogP contribution in [-0.4, -0.2) is 25.5 Å². The maximum Gasteiger partial charge on any atom is 0.272 e. The van der Waals surface area contributed by atoms with Crippen molar-refractivity contribution in [3.8, 4) is 5.75 Å². The summed E-state index contributed by atoms with van der Waals surface area (Å²) < 4.78 is 9.06. The number of rotatable bonds is 7. The van der Waals surface area contributed by atoms with Crippen LogP contribution >= 0.6 is 0 Å². The fourth-order valence-corrected chi connectivity index (χ4v) is 2.73. The summed E-state index contributed by atoms with van der Waals surface area (Å²) in [6.07, 6.45) is 3.62. The maximum atomic E-state index is 12.3. The highest BCUT2D eigenvalue weighted by Crippen LogP contribution is 2.18. The van der Waals surface area contributed by atoms with E-state index in [0.29, 0.717) is 18.2 Å². The van der Waals surface area contributed by atoms with Gasteiger partial charge < -0.3 is 10.1 Å². The molecule has 27 heavy (non-hydrogen) atoms. The molecular formula is C20H25N5O2. The molecule has 0 unspecified atom stereocenters. The van der Waals surface area contributed by atoms with Crippen molar-refractivity contribution in [2.75, 3.05) is 0 Å². The molecule has 2 aromatic heterocycles. The van der Waals surface area contributed by atoms with Crippen LogP contribution in [0.2, 0.25) is 0 Å². The van der Waals surface area contributed by atoms with Crippen molar-refractivity contribution in [3.63, 3.8) is 0 Å². The fraction of sp³-hybridized carbons (Fsp3) is 0.350. The van der Waals surface area contributed by atoms with E-state index in [9.17, 15) is 4.79 Å². The van der Waals surface area contributed by atoms with E-state index in [4.69, 9.17) is 4.74 Å². The average molecular weight is 367 g/mol. The first-order chi connectivity index (χ1) is 12.9. The van der Waals surface area contributed by atoms with Crippen LogP contribution in [-0.2, 0) is 20.3 Å². The number of amides is 1. The molecule has 0 aliphatic heterocycles. The van der Waals surface area contributed by atoms with Crippen LogP contribution in [0.5, 0.6) is 5.75 Å². The molecule has 3 rings (SSSR count). The maximum absolute atomic E-state index is 12.3. The van der Waals surface area contributed by atoms with Crippen molar-refractivity contribution in [1.82, 2.24) is 24.9 Å². The lowest BCUT2D eigenvalue weighted by molar-refractivity contribution is 0.0944. The summed E-state index contributed by atoms with van der Waals surface area (Å²) in [5.74, 6) is 1.04. The standard InChI is InChI=1S/C20H25N5O2/c1-14(2)16-5-7-18(8-6-16)27-13-25-10-9-19(23-25)20(26)21-11-17-12-24(4)22-15(17)3/h5-10,12,14H,11,13H2,1-4H3,(H,21,26). The van der Waals surface area contributed by atoms with E-state index >= 15 is 0 Å². The molecule has 142 valence electrons. The normalized spacial score (nSPS) is 11.0. The van der Waals surface area contributed by atoms with Gasteiger partial charge in [-0.1, -0.05) is 26.0 Å². The van der Waals surface area contributed by atoms with E-state index in [1.54, 1.807) is 21.6 Å². The van der Waals surface area contributed by atoms with Crippen molar-refractivity contribution in [2.45, 2.75) is 40.0 Å². The van der Waals surface area contributed by atoms with Crippen molar-refractivity contribution in [3.05, 3.63) is 65.2 Å². The Kier molecular flexibility index (Phi) is 5.59. The molecule has 0 aliphatic rings. The molecule has 7 nitrogen and oxygen atoms in total. The number of nitrogens with one attached hydrogen (secondary N) is 1. The van der Waals surface area contributed by atoms with Gasteiger partial charge in [0, 0.05) is 31.5 Å². The monoisotopic (exact) mass is 367 g/mol. The smallest absolute Gasteiger partial charge is 0.272 e. The summed E-state index contributed by atoms with van der Waals surface area (Å²) >= 11 is 0. The molecule has 3 aromatic rings. The average Bonchev–Trinajstić information content (AvgIpc) is 3.24. The molecule has 7 heteroatoms. The quantitative estimate of drug-likeness (QED) is 0.697. The molecule has 0 saturated carbocycles. The Morgan fingerprint density at radius 3 is 2.56 bits per heavy atom. The topological polar surface area (TPSA) is 74.0 Å². The molecule has 1 amide bonds. The van der Waals surface area contributed by atoms with Crippen LogP contribution in [0.15, 0.2) is 42.7 Å². The van der Waals surface area contributed by atoms with Gasteiger partial charge in [0.2, 0.25) is 0 Å². The zero-order valence-electron chi connectivity index (χ0n) is 16.1. The summed E-state index contributed by atoms with van der Waals surface area (Å²) in [5.41, 5.74) is 3.51. The van der Waals surface area contributed by atoms with E-state index in [1.165, 1.54) is 5.56 Å². The van der Waals surface area contributed by atoms with Crippen LogP contribution < -0.4 is 10.1 Å². The highest BCUT2D eigenvalue weighted by Gasteiger charge is 2.11. The predicted octanol–water partition coefficient (Wildman–Crippen LogP) is 3.01. The Bertz CT molecular complexity index is 909. The van der Waals surface area contributed by atoms with Gasteiger partial charge in [-0.3, -0.25) is 9.48 Å². The molecule has 0 bridgehead atoms. The first kappa shape index (κ1) is 18.7.